The second-order valence-corrected chi connectivity index (χ2v) is 13.7. The summed E-state index contributed by atoms with van der Waals surface area (Å²) in [5, 5.41) is 9.48. The summed E-state index contributed by atoms with van der Waals surface area (Å²) in [5.74, 6) is -0.0732. The van der Waals surface area contributed by atoms with Crippen molar-refractivity contribution in [2.45, 2.75) is 188 Å². The second kappa shape index (κ2) is 31.8. The minimum absolute atomic E-state index is 0.0292. The quantitative estimate of drug-likeness (QED) is 0.0566. The van der Waals surface area contributed by atoms with E-state index in [1.807, 2.05) is 13.8 Å². The predicted molar refractivity (Wildman–Crippen MR) is 186 cm³/mol. The summed E-state index contributed by atoms with van der Waals surface area (Å²) in [6.07, 6.45) is 28.6. The van der Waals surface area contributed by atoms with E-state index in [1.165, 1.54) is 77.0 Å². The number of hydrogen-bond donors (Lipinski definition) is 1. The molecule has 0 radical (unpaired) electrons. The largest absolute Gasteiger partial charge is 0.466 e. The van der Waals surface area contributed by atoms with Gasteiger partial charge in [0.1, 0.15) is 0 Å². The fourth-order valence-electron chi connectivity index (χ4n) is 5.71. The van der Waals surface area contributed by atoms with Gasteiger partial charge >= 0.3 is 11.9 Å². The molecule has 6 nitrogen and oxygen atoms in total. The number of unbranched alkanes of at least 4 members (excludes halogenated alkanes) is 19. The Labute approximate surface area is 273 Å². The molecule has 0 fully saturated rings. The molecule has 0 spiro atoms. The van der Waals surface area contributed by atoms with E-state index >= 15 is 0 Å². The van der Waals surface area contributed by atoms with Gasteiger partial charge in [-0.3, -0.25) is 9.59 Å². The fraction of sp³-hybridized carbons (Fsp3) is 0.947. The van der Waals surface area contributed by atoms with Gasteiger partial charge < -0.3 is 19.5 Å². The first-order chi connectivity index (χ1) is 21.4. The van der Waals surface area contributed by atoms with Crippen molar-refractivity contribution in [1.82, 2.24) is 4.90 Å². The third-order valence-corrected chi connectivity index (χ3v) is 8.84. The van der Waals surface area contributed by atoms with Crippen molar-refractivity contribution < 1.29 is 24.2 Å². The molecular weight excluding hydrogens is 550 g/mol. The summed E-state index contributed by atoms with van der Waals surface area (Å²) < 4.78 is 11.0. The van der Waals surface area contributed by atoms with Crippen LogP contribution in [0, 0.1) is 5.41 Å². The average Bonchev–Trinajstić information content (AvgIpc) is 3.00. The predicted octanol–water partition coefficient (Wildman–Crippen LogP) is 10.2. The number of rotatable bonds is 34. The zero-order valence-electron chi connectivity index (χ0n) is 29.9. The highest BCUT2D eigenvalue weighted by Gasteiger charge is 2.28. The van der Waals surface area contributed by atoms with Crippen molar-refractivity contribution in [3.05, 3.63) is 0 Å². The normalized spacial score (nSPS) is 11.8. The Morgan fingerprint density at radius 1 is 0.545 bits per heavy atom. The molecule has 0 atom stereocenters. The van der Waals surface area contributed by atoms with Gasteiger partial charge in [-0.25, -0.2) is 0 Å². The lowest BCUT2D eigenvalue weighted by Gasteiger charge is -2.23. The fourth-order valence-corrected chi connectivity index (χ4v) is 5.71. The Balaban J connectivity index is 3.74. The van der Waals surface area contributed by atoms with Crippen LogP contribution < -0.4 is 0 Å². The van der Waals surface area contributed by atoms with Crippen LogP contribution in [0.1, 0.15) is 188 Å². The van der Waals surface area contributed by atoms with Crippen LogP contribution in [0.5, 0.6) is 0 Å². The maximum atomic E-state index is 12.5. The van der Waals surface area contributed by atoms with Crippen molar-refractivity contribution in [2.75, 3.05) is 39.5 Å². The number of aliphatic hydroxyl groups excluding tert-OH is 1. The third-order valence-electron chi connectivity index (χ3n) is 8.84. The number of nitrogens with zero attached hydrogens (tertiary/aromatic N) is 1. The van der Waals surface area contributed by atoms with Gasteiger partial charge in [-0.1, -0.05) is 129 Å². The number of esters is 2. The van der Waals surface area contributed by atoms with Gasteiger partial charge in [-0.2, -0.15) is 0 Å². The van der Waals surface area contributed by atoms with Crippen molar-refractivity contribution in [2.24, 2.45) is 5.41 Å². The van der Waals surface area contributed by atoms with E-state index in [9.17, 15) is 14.7 Å². The van der Waals surface area contributed by atoms with E-state index in [4.69, 9.17) is 9.47 Å². The Bertz CT molecular complexity index is 639. The SMILES string of the molecule is CCCCCCCCCOC(=O)C(C)(C)CCCCCCN(CCO)CCCCCCCOC(=O)CCCCCCCCC. The van der Waals surface area contributed by atoms with Crippen LogP contribution in [-0.4, -0.2) is 61.4 Å². The molecule has 0 saturated carbocycles. The van der Waals surface area contributed by atoms with Gasteiger partial charge in [0.2, 0.25) is 0 Å². The lowest BCUT2D eigenvalue weighted by atomic mass is 9.87. The molecule has 0 aliphatic heterocycles. The topological polar surface area (TPSA) is 76.1 Å². The molecule has 0 unspecified atom stereocenters. The van der Waals surface area contributed by atoms with E-state index < -0.39 is 5.41 Å². The molecule has 0 aromatic carbocycles. The van der Waals surface area contributed by atoms with Crippen molar-refractivity contribution >= 4 is 11.9 Å². The summed E-state index contributed by atoms with van der Waals surface area (Å²) in [6.45, 7) is 12.6. The first-order valence-electron chi connectivity index (χ1n) is 19.0. The smallest absolute Gasteiger partial charge is 0.311 e. The first-order valence-corrected chi connectivity index (χ1v) is 19.0. The number of hydrogen-bond acceptors (Lipinski definition) is 6. The first kappa shape index (κ1) is 42.9. The van der Waals surface area contributed by atoms with Gasteiger partial charge in [0.25, 0.3) is 0 Å². The Kier molecular flexibility index (Phi) is 31.0. The number of aliphatic hydroxyl groups is 1. The molecule has 0 bridgehead atoms. The minimum atomic E-state index is -0.404. The maximum Gasteiger partial charge on any atom is 0.311 e. The Morgan fingerprint density at radius 3 is 1.50 bits per heavy atom. The molecule has 0 aromatic heterocycles. The summed E-state index contributed by atoms with van der Waals surface area (Å²) in [4.78, 5) is 26.8. The van der Waals surface area contributed by atoms with E-state index in [1.54, 1.807) is 0 Å². The Hall–Kier alpha value is -1.14. The molecule has 0 aromatic rings. The summed E-state index contributed by atoms with van der Waals surface area (Å²) >= 11 is 0. The molecule has 6 heteroatoms. The lowest BCUT2D eigenvalue weighted by Crippen LogP contribution is -2.29. The number of carbonyl (C=O) groups excluding carboxylic acids is 2. The molecule has 0 aliphatic rings. The molecule has 1 N–H and O–H groups in total. The monoisotopic (exact) mass is 626 g/mol. The number of ether oxygens (including phenoxy) is 2. The summed E-state index contributed by atoms with van der Waals surface area (Å²) in [5.41, 5.74) is -0.404. The van der Waals surface area contributed by atoms with Gasteiger partial charge in [0.15, 0.2) is 0 Å². The van der Waals surface area contributed by atoms with Crippen LogP contribution in [0.15, 0.2) is 0 Å². The summed E-state index contributed by atoms with van der Waals surface area (Å²) in [6, 6.07) is 0. The van der Waals surface area contributed by atoms with Gasteiger partial charge in [0, 0.05) is 13.0 Å². The van der Waals surface area contributed by atoms with Crippen LogP contribution in [0.3, 0.4) is 0 Å². The van der Waals surface area contributed by atoms with E-state index in [0.29, 0.717) is 19.6 Å². The molecule has 0 heterocycles. The van der Waals surface area contributed by atoms with Crippen molar-refractivity contribution in [1.29, 1.82) is 0 Å². The summed E-state index contributed by atoms with van der Waals surface area (Å²) in [7, 11) is 0. The average molecular weight is 626 g/mol. The zero-order valence-corrected chi connectivity index (χ0v) is 29.9. The van der Waals surface area contributed by atoms with Gasteiger partial charge in [-0.05, 0) is 65.5 Å². The highest BCUT2D eigenvalue weighted by atomic mass is 16.5. The van der Waals surface area contributed by atoms with Crippen LogP contribution in [0.4, 0.5) is 0 Å². The highest BCUT2D eigenvalue weighted by Crippen LogP contribution is 2.26. The lowest BCUT2D eigenvalue weighted by molar-refractivity contribution is -0.154. The molecule has 44 heavy (non-hydrogen) atoms. The minimum Gasteiger partial charge on any atom is -0.466 e. The highest BCUT2D eigenvalue weighted by molar-refractivity contribution is 5.75. The van der Waals surface area contributed by atoms with Crippen LogP contribution in [-0.2, 0) is 19.1 Å². The molecular formula is C38H75NO5. The van der Waals surface area contributed by atoms with Crippen molar-refractivity contribution in [3.63, 3.8) is 0 Å². The standard InChI is InChI=1S/C38H75NO5/c1-5-7-9-11-13-16-22-28-36(41)43-34-26-21-15-18-24-30-39(32-33-40)31-25-19-17-23-29-38(3,4)37(42)44-35-27-20-14-12-10-8-6-2/h40H,5-35H2,1-4H3. The molecule has 0 aliphatic carbocycles. The van der Waals surface area contributed by atoms with E-state index in [2.05, 4.69) is 18.7 Å². The van der Waals surface area contributed by atoms with E-state index in [-0.39, 0.29) is 18.5 Å². The van der Waals surface area contributed by atoms with Gasteiger partial charge in [-0.15, -0.1) is 0 Å². The van der Waals surface area contributed by atoms with Crippen molar-refractivity contribution in [3.8, 4) is 0 Å². The van der Waals surface area contributed by atoms with Crippen LogP contribution >= 0.6 is 0 Å². The van der Waals surface area contributed by atoms with E-state index in [0.717, 1.165) is 96.7 Å². The molecule has 262 valence electrons. The zero-order chi connectivity index (χ0) is 32.6. The number of carbonyl (C=O) groups is 2. The van der Waals surface area contributed by atoms with Gasteiger partial charge in [0.05, 0.1) is 25.2 Å². The second-order valence-electron chi connectivity index (χ2n) is 13.7. The maximum absolute atomic E-state index is 12.5. The third kappa shape index (κ3) is 28.3. The molecule has 0 saturated heterocycles. The Morgan fingerprint density at radius 2 is 0.977 bits per heavy atom. The molecule has 0 amide bonds. The van der Waals surface area contributed by atoms with Crippen LogP contribution in [0.2, 0.25) is 0 Å². The molecule has 0 rings (SSSR count). The van der Waals surface area contributed by atoms with Crippen LogP contribution in [0.25, 0.3) is 0 Å².